The summed E-state index contributed by atoms with van der Waals surface area (Å²) < 4.78 is 3.10. The van der Waals surface area contributed by atoms with Crippen LogP contribution in [0.3, 0.4) is 0 Å². The second kappa shape index (κ2) is 4.14. The number of halogens is 1. The van der Waals surface area contributed by atoms with Crippen LogP contribution in [0.2, 0.25) is 0 Å². The molecule has 18 heavy (non-hydrogen) atoms. The van der Waals surface area contributed by atoms with E-state index in [1.165, 1.54) is 5.56 Å². The minimum Gasteiger partial charge on any atom is -0.399 e. The van der Waals surface area contributed by atoms with E-state index in [0.717, 1.165) is 27.1 Å². The van der Waals surface area contributed by atoms with Crippen LogP contribution in [0.15, 0.2) is 47.2 Å². The van der Waals surface area contributed by atoms with Crippen molar-refractivity contribution in [2.24, 2.45) is 0 Å². The summed E-state index contributed by atoms with van der Waals surface area (Å²) in [6.45, 7) is 2.06. The number of rotatable bonds is 1. The summed E-state index contributed by atoms with van der Waals surface area (Å²) in [5, 5.41) is 0. The number of hydrogen-bond acceptors (Lipinski definition) is 2. The monoisotopic (exact) mass is 301 g/mol. The number of nitrogen functional groups attached to an aromatic ring is 1. The summed E-state index contributed by atoms with van der Waals surface area (Å²) >= 11 is 3.53. The van der Waals surface area contributed by atoms with Gasteiger partial charge in [0.2, 0.25) is 0 Å². The molecular formula is C14H12BrN3. The highest BCUT2D eigenvalue weighted by molar-refractivity contribution is 9.10. The van der Waals surface area contributed by atoms with E-state index in [4.69, 9.17) is 5.73 Å². The molecule has 3 nitrogen and oxygen atoms in total. The lowest BCUT2D eigenvalue weighted by Crippen LogP contribution is -1.85. The maximum Gasteiger partial charge on any atom is 0.137 e. The third-order valence-corrected chi connectivity index (χ3v) is 3.77. The molecule has 0 bridgehead atoms. The van der Waals surface area contributed by atoms with Crippen LogP contribution < -0.4 is 5.73 Å². The zero-order valence-corrected chi connectivity index (χ0v) is 11.5. The van der Waals surface area contributed by atoms with Crippen LogP contribution >= 0.6 is 15.9 Å². The number of aromatic nitrogens is 2. The molecule has 0 saturated heterocycles. The van der Waals surface area contributed by atoms with Gasteiger partial charge in [0.05, 0.1) is 5.69 Å². The fourth-order valence-corrected chi connectivity index (χ4v) is 2.23. The quantitative estimate of drug-likeness (QED) is 0.697. The van der Waals surface area contributed by atoms with Crippen molar-refractivity contribution >= 4 is 27.3 Å². The Labute approximate surface area is 113 Å². The Morgan fingerprint density at radius 2 is 1.89 bits per heavy atom. The van der Waals surface area contributed by atoms with Crippen LogP contribution in [-0.4, -0.2) is 9.38 Å². The first-order valence-electron chi connectivity index (χ1n) is 5.64. The first kappa shape index (κ1) is 11.3. The lowest BCUT2D eigenvalue weighted by molar-refractivity contribution is 1.16. The number of aryl methyl sites for hydroxylation is 1. The molecule has 0 saturated carbocycles. The Hall–Kier alpha value is -1.81. The molecule has 0 aliphatic rings. The van der Waals surface area contributed by atoms with E-state index in [1.807, 2.05) is 41.1 Å². The number of hydrogen-bond donors (Lipinski definition) is 1. The molecule has 0 aliphatic heterocycles. The van der Waals surface area contributed by atoms with Crippen LogP contribution in [0.1, 0.15) is 5.56 Å². The van der Waals surface area contributed by atoms with Crippen LogP contribution in [0.25, 0.3) is 16.9 Å². The fraction of sp³-hybridized carbons (Fsp3) is 0.0714. The van der Waals surface area contributed by atoms with Crippen LogP contribution in [0.5, 0.6) is 0 Å². The van der Waals surface area contributed by atoms with E-state index in [1.54, 1.807) is 0 Å². The highest BCUT2D eigenvalue weighted by Crippen LogP contribution is 2.23. The van der Waals surface area contributed by atoms with E-state index >= 15 is 0 Å². The summed E-state index contributed by atoms with van der Waals surface area (Å²) in [5.41, 5.74) is 10.6. The number of fused-ring (bicyclic) bond motifs is 1. The van der Waals surface area contributed by atoms with Gasteiger partial charge in [-0.15, -0.1) is 0 Å². The predicted molar refractivity (Wildman–Crippen MR) is 77.5 cm³/mol. The lowest BCUT2D eigenvalue weighted by Gasteiger charge is -1.98. The van der Waals surface area contributed by atoms with Crippen molar-refractivity contribution in [3.05, 3.63) is 52.8 Å². The Bertz CT molecular complexity index is 675. The molecule has 0 radical (unpaired) electrons. The number of anilines is 1. The van der Waals surface area contributed by atoms with Gasteiger partial charge in [0.1, 0.15) is 5.65 Å². The first-order chi connectivity index (χ1) is 8.63. The molecule has 2 aromatic heterocycles. The average Bonchev–Trinajstić information content (AvgIpc) is 2.73. The van der Waals surface area contributed by atoms with Crippen molar-refractivity contribution in [1.29, 1.82) is 0 Å². The SMILES string of the molecule is Cc1cc2nc(-c3ccc(N)cc3)cn2cc1Br. The van der Waals surface area contributed by atoms with Gasteiger partial charge in [0.25, 0.3) is 0 Å². The van der Waals surface area contributed by atoms with Crippen LogP contribution in [0.4, 0.5) is 5.69 Å². The van der Waals surface area contributed by atoms with Crippen molar-refractivity contribution in [3.63, 3.8) is 0 Å². The number of imidazole rings is 1. The van der Waals surface area contributed by atoms with Crippen molar-refractivity contribution in [3.8, 4) is 11.3 Å². The molecule has 0 fully saturated rings. The van der Waals surface area contributed by atoms with Crippen molar-refractivity contribution < 1.29 is 0 Å². The molecule has 90 valence electrons. The van der Waals surface area contributed by atoms with Crippen LogP contribution in [-0.2, 0) is 0 Å². The van der Waals surface area contributed by atoms with Gasteiger partial charge in [0.15, 0.2) is 0 Å². The molecule has 2 heterocycles. The molecule has 3 rings (SSSR count). The van der Waals surface area contributed by atoms with Gasteiger partial charge in [-0.2, -0.15) is 0 Å². The van der Waals surface area contributed by atoms with E-state index in [0.29, 0.717) is 0 Å². The van der Waals surface area contributed by atoms with Crippen molar-refractivity contribution in [2.45, 2.75) is 6.92 Å². The van der Waals surface area contributed by atoms with Gasteiger partial charge in [-0.3, -0.25) is 0 Å². The highest BCUT2D eigenvalue weighted by atomic mass is 79.9. The first-order valence-corrected chi connectivity index (χ1v) is 6.43. The van der Waals surface area contributed by atoms with E-state index in [9.17, 15) is 0 Å². The summed E-state index contributed by atoms with van der Waals surface area (Å²) in [5.74, 6) is 0. The minimum absolute atomic E-state index is 0.765. The lowest BCUT2D eigenvalue weighted by atomic mass is 10.1. The van der Waals surface area contributed by atoms with Gasteiger partial charge >= 0.3 is 0 Å². The minimum atomic E-state index is 0.765. The molecular weight excluding hydrogens is 290 g/mol. The third-order valence-electron chi connectivity index (χ3n) is 2.94. The normalized spacial score (nSPS) is 11.0. The molecule has 0 amide bonds. The van der Waals surface area contributed by atoms with E-state index in [-0.39, 0.29) is 0 Å². The molecule has 2 N–H and O–H groups in total. The zero-order chi connectivity index (χ0) is 12.7. The summed E-state index contributed by atoms with van der Waals surface area (Å²) in [6.07, 6.45) is 4.05. The highest BCUT2D eigenvalue weighted by Gasteiger charge is 2.06. The second-order valence-electron chi connectivity index (χ2n) is 4.32. The Morgan fingerprint density at radius 1 is 1.17 bits per heavy atom. The van der Waals surface area contributed by atoms with E-state index in [2.05, 4.69) is 33.9 Å². The topological polar surface area (TPSA) is 43.3 Å². The molecule has 1 aromatic carbocycles. The molecule has 3 aromatic rings. The molecule has 0 aliphatic carbocycles. The molecule has 4 heteroatoms. The van der Waals surface area contributed by atoms with Crippen molar-refractivity contribution in [2.75, 3.05) is 5.73 Å². The van der Waals surface area contributed by atoms with Crippen LogP contribution in [0, 0.1) is 6.92 Å². The molecule has 0 spiro atoms. The second-order valence-corrected chi connectivity index (χ2v) is 5.17. The van der Waals surface area contributed by atoms with Gasteiger partial charge in [-0.1, -0.05) is 12.1 Å². The summed E-state index contributed by atoms with van der Waals surface area (Å²) in [7, 11) is 0. The van der Waals surface area contributed by atoms with Crippen molar-refractivity contribution in [1.82, 2.24) is 9.38 Å². The molecule has 0 unspecified atom stereocenters. The van der Waals surface area contributed by atoms with Gasteiger partial charge in [-0.05, 0) is 46.6 Å². The smallest absolute Gasteiger partial charge is 0.137 e. The maximum atomic E-state index is 5.69. The maximum absolute atomic E-state index is 5.69. The summed E-state index contributed by atoms with van der Waals surface area (Å²) in [6, 6.07) is 9.81. The zero-order valence-electron chi connectivity index (χ0n) is 9.89. The third kappa shape index (κ3) is 1.88. The standard InChI is InChI=1S/C14H12BrN3/c1-9-6-14-17-13(8-18(14)7-12(9)15)10-2-4-11(16)5-3-10/h2-8H,16H2,1H3. The average molecular weight is 302 g/mol. The number of pyridine rings is 1. The van der Waals surface area contributed by atoms with Gasteiger partial charge in [0, 0.05) is 28.1 Å². The number of nitrogens with zero attached hydrogens (tertiary/aromatic N) is 2. The van der Waals surface area contributed by atoms with E-state index < -0.39 is 0 Å². The van der Waals surface area contributed by atoms with Gasteiger partial charge in [-0.25, -0.2) is 4.98 Å². The summed E-state index contributed by atoms with van der Waals surface area (Å²) in [4.78, 5) is 4.62. The fourth-order valence-electron chi connectivity index (χ4n) is 1.90. The Balaban J connectivity index is 2.16. The Morgan fingerprint density at radius 3 is 2.61 bits per heavy atom. The van der Waals surface area contributed by atoms with Gasteiger partial charge < -0.3 is 10.1 Å². The number of nitrogens with two attached hydrogens (primary N) is 1. The predicted octanol–water partition coefficient (Wildman–Crippen LogP) is 3.65. The molecule has 0 atom stereocenters. The number of benzene rings is 1. The largest absolute Gasteiger partial charge is 0.399 e. The Kier molecular flexibility index (Phi) is 2.59.